The van der Waals surface area contributed by atoms with E-state index in [-0.39, 0.29) is 0 Å². The average molecular weight is 336 g/mol. The first-order valence-electron chi connectivity index (χ1n) is 5.80. The normalized spacial score (nSPS) is 15.4. The molecule has 0 N–H and O–H groups in total. The molecule has 0 aliphatic heterocycles. The second-order valence-electron chi connectivity index (χ2n) is 5.58. The monoisotopic (exact) mass is 336 g/mol. The zero-order valence-corrected chi connectivity index (χ0v) is 11.1. The number of alkyl halides is 10. The Labute approximate surface area is 114 Å². The van der Waals surface area contributed by atoms with Crippen molar-refractivity contribution in [1.29, 1.82) is 0 Å². The van der Waals surface area contributed by atoms with Gasteiger partial charge in [0.05, 0.1) is 0 Å². The maximum absolute atomic E-state index is 13.3. The Morgan fingerprint density at radius 3 is 1.14 bits per heavy atom. The molecule has 0 radical (unpaired) electrons. The molecule has 0 nitrogen and oxygen atoms in total. The predicted molar refractivity (Wildman–Crippen MR) is 54.3 cm³/mol. The van der Waals surface area contributed by atoms with Crippen molar-refractivity contribution in [2.75, 3.05) is 0 Å². The van der Waals surface area contributed by atoms with Gasteiger partial charge in [0.1, 0.15) is 0 Å². The molecular formula is C11H14F10. The Kier molecular flexibility index (Phi) is 5.63. The first-order valence-corrected chi connectivity index (χ1v) is 5.80. The second-order valence-corrected chi connectivity index (χ2v) is 5.58. The summed E-state index contributed by atoms with van der Waals surface area (Å²) in [6.45, 7) is 2.12. The Morgan fingerprint density at radius 1 is 0.524 bits per heavy atom. The minimum Gasteiger partial charge on any atom is -0.224 e. The molecule has 10 heteroatoms. The molecule has 0 aliphatic rings. The van der Waals surface area contributed by atoms with Crippen molar-refractivity contribution in [2.45, 2.75) is 63.7 Å². The van der Waals surface area contributed by atoms with Crippen molar-refractivity contribution in [3.8, 4) is 0 Å². The Morgan fingerprint density at radius 2 is 0.857 bits per heavy atom. The smallest absolute Gasteiger partial charge is 0.224 e. The van der Waals surface area contributed by atoms with Crippen LogP contribution in [0.2, 0.25) is 0 Å². The molecule has 0 unspecified atom stereocenters. The second kappa shape index (κ2) is 5.83. The number of rotatable bonds is 5. The van der Waals surface area contributed by atoms with Gasteiger partial charge in [-0.15, -0.1) is 0 Å². The lowest BCUT2D eigenvalue weighted by atomic mass is 9.79. The van der Waals surface area contributed by atoms with E-state index in [1.165, 1.54) is 0 Å². The Bertz CT molecular complexity index is 318. The fourth-order valence-electron chi connectivity index (χ4n) is 1.56. The van der Waals surface area contributed by atoms with E-state index in [9.17, 15) is 43.9 Å². The van der Waals surface area contributed by atoms with E-state index in [2.05, 4.69) is 0 Å². The molecule has 0 aromatic rings. The lowest BCUT2D eigenvalue weighted by Gasteiger charge is -2.33. The van der Waals surface area contributed by atoms with Gasteiger partial charge in [-0.25, -0.2) is 4.39 Å². The molecule has 0 rings (SSSR count). The summed E-state index contributed by atoms with van der Waals surface area (Å²) >= 11 is 0. The highest BCUT2D eigenvalue weighted by molar-refractivity contribution is 4.95. The van der Waals surface area contributed by atoms with E-state index in [0.29, 0.717) is 0 Å². The molecule has 0 aromatic heterocycles. The van der Waals surface area contributed by atoms with Crippen LogP contribution in [0.15, 0.2) is 0 Å². The van der Waals surface area contributed by atoms with Crippen molar-refractivity contribution in [3.05, 3.63) is 0 Å². The summed E-state index contributed by atoms with van der Waals surface area (Å²) in [5.74, 6) is 0. The minimum absolute atomic E-state index is 0.692. The molecule has 0 saturated heterocycles. The van der Waals surface area contributed by atoms with Gasteiger partial charge in [0.25, 0.3) is 5.67 Å². The molecule has 128 valence electrons. The van der Waals surface area contributed by atoms with Crippen LogP contribution < -0.4 is 0 Å². The van der Waals surface area contributed by atoms with Gasteiger partial charge in [-0.05, 0) is 18.3 Å². The van der Waals surface area contributed by atoms with Gasteiger partial charge >= 0.3 is 18.5 Å². The van der Waals surface area contributed by atoms with E-state index < -0.39 is 55.3 Å². The van der Waals surface area contributed by atoms with Crippen LogP contribution in [-0.4, -0.2) is 24.2 Å². The highest BCUT2D eigenvalue weighted by Gasteiger charge is 2.72. The number of halogens is 10. The molecule has 0 fully saturated rings. The summed E-state index contributed by atoms with van der Waals surface area (Å²) in [6, 6.07) is 0. The summed E-state index contributed by atoms with van der Waals surface area (Å²) in [5, 5.41) is 0. The molecule has 0 saturated carbocycles. The number of hydrogen-bond donors (Lipinski definition) is 0. The average Bonchev–Trinajstić information content (AvgIpc) is 2.19. The van der Waals surface area contributed by atoms with Gasteiger partial charge in [-0.1, -0.05) is 13.8 Å². The zero-order valence-electron chi connectivity index (χ0n) is 11.1. The lowest BCUT2D eigenvalue weighted by molar-refractivity contribution is -0.344. The van der Waals surface area contributed by atoms with Crippen LogP contribution in [0.4, 0.5) is 43.9 Å². The fraction of sp³-hybridized carbons (Fsp3) is 1.00. The molecular weight excluding hydrogens is 322 g/mol. The molecule has 0 atom stereocenters. The highest BCUT2D eigenvalue weighted by atomic mass is 19.4. The van der Waals surface area contributed by atoms with Gasteiger partial charge in [0.15, 0.2) is 0 Å². The van der Waals surface area contributed by atoms with E-state index in [1.54, 1.807) is 0 Å². The van der Waals surface area contributed by atoms with Gasteiger partial charge in [0, 0.05) is 12.8 Å². The fourth-order valence-corrected chi connectivity index (χ4v) is 1.56. The SMILES string of the molecule is CC(C)(CCC(F)(F)F)CCC(F)(C(F)(F)F)C(F)(F)F. The maximum atomic E-state index is 13.3. The molecule has 0 amide bonds. The van der Waals surface area contributed by atoms with Crippen LogP contribution in [-0.2, 0) is 0 Å². The lowest BCUT2D eigenvalue weighted by Crippen LogP contribution is -2.53. The summed E-state index contributed by atoms with van der Waals surface area (Å²) in [6.07, 6.45) is -21.9. The third kappa shape index (κ3) is 5.90. The topological polar surface area (TPSA) is 0 Å². The van der Waals surface area contributed by atoms with Crippen LogP contribution in [0.1, 0.15) is 39.5 Å². The summed E-state index contributed by atoms with van der Waals surface area (Å²) in [4.78, 5) is 0. The highest BCUT2D eigenvalue weighted by Crippen LogP contribution is 2.50. The van der Waals surface area contributed by atoms with Crippen molar-refractivity contribution in [1.82, 2.24) is 0 Å². The number of hydrogen-bond acceptors (Lipinski definition) is 0. The van der Waals surface area contributed by atoms with Gasteiger partial charge in [0.2, 0.25) is 0 Å². The quantitative estimate of drug-likeness (QED) is 0.543. The van der Waals surface area contributed by atoms with Gasteiger partial charge < -0.3 is 0 Å². The van der Waals surface area contributed by atoms with Crippen molar-refractivity contribution in [3.63, 3.8) is 0 Å². The van der Waals surface area contributed by atoms with Gasteiger partial charge in [-0.3, -0.25) is 0 Å². The predicted octanol–water partition coefficient (Wildman–Crippen LogP) is 5.97. The van der Waals surface area contributed by atoms with Crippen LogP contribution in [0.5, 0.6) is 0 Å². The van der Waals surface area contributed by atoms with Crippen LogP contribution >= 0.6 is 0 Å². The zero-order chi connectivity index (χ0) is 17.3. The maximum Gasteiger partial charge on any atom is 0.431 e. The molecule has 0 spiro atoms. The first kappa shape index (κ1) is 20.3. The summed E-state index contributed by atoms with van der Waals surface area (Å²) in [7, 11) is 0. The minimum atomic E-state index is -6.18. The van der Waals surface area contributed by atoms with E-state index >= 15 is 0 Å². The Balaban J connectivity index is 4.93. The van der Waals surface area contributed by atoms with Crippen molar-refractivity contribution < 1.29 is 43.9 Å². The first-order chi connectivity index (χ1) is 8.91. The van der Waals surface area contributed by atoms with Crippen LogP contribution in [0.25, 0.3) is 0 Å². The molecule has 0 aliphatic carbocycles. The van der Waals surface area contributed by atoms with Crippen LogP contribution in [0, 0.1) is 5.41 Å². The van der Waals surface area contributed by atoms with Gasteiger partial charge in [-0.2, -0.15) is 39.5 Å². The van der Waals surface area contributed by atoms with Crippen LogP contribution in [0.3, 0.4) is 0 Å². The van der Waals surface area contributed by atoms with E-state index in [0.717, 1.165) is 13.8 Å². The molecule has 0 heterocycles. The summed E-state index contributed by atoms with van der Waals surface area (Å²) < 4.78 is 123. The largest absolute Gasteiger partial charge is 0.431 e. The Hall–Kier alpha value is -0.700. The molecule has 0 aromatic carbocycles. The molecule has 0 bridgehead atoms. The van der Waals surface area contributed by atoms with Crippen molar-refractivity contribution >= 4 is 0 Å². The third-order valence-corrected chi connectivity index (χ3v) is 3.13. The standard InChI is InChI=1S/C11H14F10/c1-7(2,4-6-9(13,14)15)3-5-8(12,10(16,17)18)11(19,20)21/h3-6H2,1-2H3. The van der Waals surface area contributed by atoms with E-state index in [4.69, 9.17) is 0 Å². The molecule has 21 heavy (non-hydrogen) atoms. The van der Waals surface area contributed by atoms with E-state index in [1.807, 2.05) is 0 Å². The summed E-state index contributed by atoms with van der Waals surface area (Å²) in [5.41, 5.74) is -6.93. The van der Waals surface area contributed by atoms with Crippen molar-refractivity contribution in [2.24, 2.45) is 5.41 Å². The third-order valence-electron chi connectivity index (χ3n) is 3.13.